The van der Waals surface area contributed by atoms with Crippen molar-refractivity contribution in [1.82, 2.24) is 5.32 Å². The van der Waals surface area contributed by atoms with Gasteiger partial charge in [-0.25, -0.2) is 0 Å². The summed E-state index contributed by atoms with van der Waals surface area (Å²) in [5.74, 6) is -0.172. The summed E-state index contributed by atoms with van der Waals surface area (Å²) in [5, 5.41) is 23.0. The number of nitrogens with one attached hydrogen (secondary N) is 1. The van der Waals surface area contributed by atoms with E-state index < -0.39 is 12.1 Å². The molecule has 6 nitrogen and oxygen atoms in total. The molecule has 3 N–H and O–H groups in total. The number of hydrogen-bond acceptors (Lipinski definition) is 5. The maximum atomic E-state index is 12.4. The topological polar surface area (TPSA) is 95.9 Å². The molecule has 1 amide bonds. The highest BCUT2D eigenvalue weighted by atomic mass is 16.5. The van der Waals surface area contributed by atoms with Gasteiger partial charge >= 0.3 is 5.97 Å². The second-order valence-corrected chi connectivity index (χ2v) is 18.9. The van der Waals surface area contributed by atoms with E-state index in [9.17, 15) is 19.8 Å². The lowest BCUT2D eigenvalue weighted by atomic mass is 10.0. The third-order valence-corrected chi connectivity index (χ3v) is 12.5. The molecule has 0 aromatic rings. The van der Waals surface area contributed by atoms with Crippen molar-refractivity contribution in [3.63, 3.8) is 0 Å². The van der Waals surface area contributed by atoms with Gasteiger partial charge in [0.25, 0.3) is 0 Å². The average molecular weight is 911 g/mol. The van der Waals surface area contributed by atoms with E-state index in [1.807, 2.05) is 12.2 Å². The minimum Gasteiger partial charge on any atom is -0.466 e. The van der Waals surface area contributed by atoms with Crippen LogP contribution in [-0.2, 0) is 14.3 Å². The zero-order valence-electron chi connectivity index (χ0n) is 43.0. The summed E-state index contributed by atoms with van der Waals surface area (Å²) >= 11 is 0. The summed E-state index contributed by atoms with van der Waals surface area (Å²) in [4.78, 5) is 24.5. The van der Waals surface area contributed by atoms with Gasteiger partial charge in [-0.3, -0.25) is 9.59 Å². The Bertz CT molecular complexity index is 1140. The first-order chi connectivity index (χ1) is 32.0. The number of carbonyl (C=O) groups excluding carboxylic acids is 2. The third kappa shape index (κ3) is 50.8. The van der Waals surface area contributed by atoms with Crippen molar-refractivity contribution < 1.29 is 24.5 Å². The van der Waals surface area contributed by atoms with Crippen LogP contribution in [0.4, 0.5) is 0 Å². The first-order valence-electron chi connectivity index (χ1n) is 28.1. The lowest BCUT2D eigenvalue weighted by molar-refractivity contribution is -0.143. The molecule has 378 valence electrons. The number of hydrogen-bond donors (Lipinski definition) is 3. The number of aliphatic hydroxyl groups is 2. The van der Waals surface area contributed by atoms with E-state index >= 15 is 0 Å². The Morgan fingerprint density at radius 3 is 1.23 bits per heavy atom. The number of rotatable bonds is 51. The van der Waals surface area contributed by atoms with E-state index in [1.165, 1.54) is 186 Å². The fourth-order valence-electron chi connectivity index (χ4n) is 8.18. The van der Waals surface area contributed by atoms with E-state index in [-0.39, 0.29) is 18.5 Å². The van der Waals surface area contributed by atoms with Crippen molar-refractivity contribution in [3.8, 4) is 0 Å². The maximum Gasteiger partial charge on any atom is 0.305 e. The summed E-state index contributed by atoms with van der Waals surface area (Å²) in [6, 6.07) is -0.673. The first kappa shape index (κ1) is 62.6. The Kier molecular flexibility index (Phi) is 52.1. The van der Waals surface area contributed by atoms with E-state index in [4.69, 9.17) is 4.74 Å². The standard InChI is InChI=1S/C59H107NO5/c1-3-5-7-9-11-13-15-17-19-21-22-23-25-29-33-37-41-45-49-53-59(64)65-54-50-46-42-38-34-30-26-28-32-36-40-44-48-52-58(63)60-56(55-61)57(62)51-47-43-39-35-31-27-24-20-18-16-14-12-10-8-6-4-2/h11,13,17,19,28,32,40,44,47,51,56-57,61-62H,3-10,12,14-16,18,20-27,29-31,33-39,41-43,45-46,48-50,52-55H2,1-2H3,(H,60,63)/b13-11-,19-17-,32-28-,44-40-,51-47+. The van der Waals surface area contributed by atoms with Crippen LogP contribution >= 0.6 is 0 Å². The molecule has 0 spiro atoms. The summed E-state index contributed by atoms with van der Waals surface area (Å²) in [5.41, 5.74) is 0. The molecule has 65 heavy (non-hydrogen) atoms. The van der Waals surface area contributed by atoms with Crippen molar-refractivity contribution in [3.05, 3.63) is 60.8 Å². The van der Waals surface area contributed by atoms with Gasteiger partial charge in [0, 0.05) is 12.8 Å². The fraction of sp³-hybridized carbons (Fsp3) is 0.797. The monoisotopic (exact) mass is 910 g/mol. The predicted octanol–water partition coefficient (Wildman–Crippen LogP) is 17.2. The van der Waals surface area contributed by atoms with Gasteiger partial charge in [0.2, 0.25) is 5.91 Å². The van der Waals surface area contributed by atoms with E-state index in [0.29, 0.717) is 25.9 Å². The van der Waals surface area contributed by atoms with Gasteiger partial charge in [0.15, 0.2) is 0 Å². The highest BCUT2D eigenvalue weighted by molar-refractivity contribution is 5.76. The maximum absolute atomic E-state index is 12.4. The summed E-state index contributed by atoms with van der Waals surface area (Å²) in [7, 11) is 0. The number of aliphatic hydroxyl groups excluding tert-OH is 2. The molecule has 0 aliphatic rings. The van der Waals surface area contributed by atoms with Crippen LogP contribution in [0.15, 0.2) is 60.8 Å². The van der Waals surface area contributed by atoms with Crippen molar-refractivity contribution >= 4 is 11.9 Å². The fourth-order valence-corrected chi connectivity index (χ4v) is 8.18. The van der Waals surface area contributed by atoms with E-state index in [1.54, 1.807) is 6.08 Å². The number of allylic oxidation sites excluding steroid dienone is 9. The van der Waals surface area contributed by atoms with Crippen LogP contribution in [-0.4, -0.2) is 47.4 Å². The highest BCUT2D eigenvalue weighted by Crippen LogP contribution is 2.15. The smallest absolute Gasteiger partial charge is 0.305 e. The van der Waals surface area contributed by atoms with Crippen molar-refractivity contribution in [2.24, 2.45) is 0 Å². The highest BCUT2D eigenvalue weighted by Gasteiger charge is 2.17. The van der Waals surface area contributed by atoms with Gasteiger partial charge in [-0.05, 0) is 83.5 Å². The van der Waals surface area contributed by atoms with Crippen molar-refractivity contribution in [2.75, 3.05) is 13.2 Å². The molecule has 0 saturated heterocycles. The van der Waals surface area contributed by atoms with Crippen LogP contribution in [0.3, 0.4) is 0 Å². The van der Waals surface area contributed by atoms with Crippen LogP contribution in [0.2, 0.25) is 0 Å². The van der Waals surface area contributed by atoms with Crippen LogP contribution in [0.1, 0.15) is 277 Å². The minimum absolute atomic E-state index is 0.0230. The molecule has 0 aliphatic carbocycles. The van der Waals surface area contributed by atoms with Crippen molar-refractivity contribution in [2.45, 2.75) is 289 Å². The Morgan fingerprint density at radius 1 is 0.431 bits per heavy atom. The molecule has 0 aromatic heterocycles. The SMILES string of the molecule is CCCCC/C=C\C/C=C\CCCCCCCCCCCC(=O)OCCCCCCCC/C=C\C/C=C\CCC(=O)NC(CO)C(O)/C=C/CCCCCCCCCCCCCCCC. The van der Waals surface area contributed by atoms with Crippen LogP contribution in [0, 0.1) is 0 Å². The number of ether oxygens (including phenoxy) is 1. The van der Waals surface area contributed by atoms with E-state index in [0.717, 1.165) is 57.8 Å². The summed E-state index contributed by atoms with van der Waals surface area (Å²) in [6.45, 7) is 4.81. The Morgan fingerprint density at radius 2 is 0.785 bits per heavy atom. The molecule has 0 aliphatic heterocycles. The molecule has 6 heteroatoms. The van der Waals surface area contributed by atoms with Gasteiger partial charge in [-0.2, -0.15) is 0 Å². The number of esters is 1. The molecule has 0 bridgehead atoms. The van der Waals surface area contributed by atoms with Gasteiger partial charge in [-0.1, -0.05) is 242 Å². The molecule has 0 radical (unpaired) electrons. The second kappa shape index (κ2) is 54.2. The number of amides is 1. The Hall–Kier alpha value is -2.44. The van der Waals surface area contributed by atoms with Crippen LogP contribution in [0.5, 0.6) is 0 Å². The third-order valence-electron chi connectivity index (χ3n) is 12.5. The van der Waals surface area contributed by atoms with E-state index in [2.05, 4.69) is 61.7 Å². The zero-order chi connectivity index (χ0) is 47.2. The number of unbranched alkanes of at least 4 members (excludes halogenated alkanes) is 32. The van der Waals surface area contributed by atoms with Crippen LogP contribution in [0.25, 0.3) is 0 Å². The van der Waals surface area contributed by atoms with Gasteiger partial charge in [-0.15, -0.1) is 0 Å². The molecule has 2 atom stereocenters. The van der Waals surface area contributed by atoms with Crippen molar-refractivity contribution in [1.29, 1.82) is 0 Å². The average Bonchev–Trinajstić information content (AvgIpc) is 3.31. The molecule has 0 fully saturated rings. The summed E-state index contributed by atoms with van der Waals surface area (Å²) < 4.78 is 5.47. The van der Waals surface area contributed by atoms with Crippen LogP contribution < -0.4 is 5.32 Å². The molecule has 0 rings (SSSR count). The number of carbonyl (C=O) groups is 2. The van der Waals surface area contributed by atoms with Gasteiger partial charge in [0.05, 0.1) is 25.4 Å². The minimum atomic E-state index is -0.881. The quantitative estimate of drug-likeness (QED) is 0.0321. The molecule has 0 heterocycles. The van der Waals surface area contributed by atoms with Gasteiger partial charge < -0.3 is 20.3 Å². The zero-order valence-corrected chi connectivity index (χ0v) is 43.0. The largest absolute Gasteiger partial charge is 0.466 e. The molecule has 0 aromatic carbocycles. The lowest BCUT2D eigenvalue weighted by Gasteiger charge is -2.19. The first-order valence-corrected chi connectivity index (χ1v) is 28.1. The Balaban J connectivity index is 3.57. The lowest BCUT2D eigenvalue weighted by Crippen LogP contribution is -2.45. The molecular formula is C59H107NO5. The Labute approximate surface area is 403 Å². The predicted molar refractivity (Wildman–Crippen MR) is 282 cm³/mol. The normalized spacial score (nSPS) is 13.1. The molecular weight excluding hydrogens is 803 g/mol. The molecule has 2 unspecified atom stereocenters. The summed E-state index contributed by atoms with van der Waals surface area (Å²) in [6.07, 6.45) is 69.6. The molecule has 0 saturated carbocycles. The van der Waals surface area contributed by atoms with Gasteiger partial charge in [0.1, 0.15) is 0 Å². The second-order valence-electron chi connectivity index (χ2n) is 18.9.